The first-order valence-electron chi connectivity index (χ1n) is 12.2. The quantitative estimate of drug-likeness (QED) is 0.0448. The third-order valence-electron chi connectivity index (χ3n) is 4.79. The van der Waals surface area contributed by atoms with Crippen LogP contribution in [0.25, 0.3) is 10.4 Å². The van der Waals surface area contributed by atoms with Gasteiger partial charge in [-0.2, -0.15) is 0 Å². The highest BCUT2D eigenvalue weighted by Gasteiger charge is 2.23. The van der Waals surface area contributed by atoms with E-state index in [0.29, 0.717) is 4.73 Å². The minimum atomic E-state index is -1.35. The molecule has 6 N–H and O–H groups in total. The molecule has 0 saturated heterocycles. The first-order valence-corrected chi connectivity index (χ1v) is 12.2. The van der Waals surface area contributed by atoms with Crippen molar-refractivity contribution in [3.8, 4) is 11.8 Å². The van der Waals surface area contributed by atoms with Crippen molar-refractivity contribution in [3.63, 3.8) is 0 Å². The number of nitrogens with one attached hydrogen (secondary N) is 3. The Hall–Kier alpha value is -4.54. The molecule has 0 aromatic carbocycles. The fourth-order valence-corrected chi connectivity index (χ4v) is 2.93. The first kappa shape index (κ1) is 33.5. The van der Waals surface area contributed by atoms with Crippen LogP contribution in [-0.4, -0.2) is 102 Å². The van der Waals surface area contributed by atoms with Gasteiger partial charge in [-0.05, 0) is 12.0 Å². The molecule has 1 aromatic heterocycles. The van der Waals surface area contributed by atoms with Crippen molar-refractivity contribution in [3.05, 3.63) is 22.6 Å². The molecule has 0 aliphatic heterocycles. The second kappa shape index (κ2) is 19.5. The lowest BCUT2D eigenvalue weighted by molar-refractivity contribution is -0.146. The van der Waals surface area contributed by atoms with E-state index in [0.717, 1.165) is 12.1 Å². The number of aromatic nitrogens is 1. The Labute approximate surface area is 228 Å². The number of amides is 3. The summed E-state index contributed by atoms with van der Waals surface area (Å²) in [5, 5.41) is 38.5. The molecule has 0 radical (unpaired) electrons. The Bertz CT molecular complexity index is 1020. The number of hydrogen-bond acceptors (Lipinski definition) is 11. The largest absolute Gasteiger partial charge is 0.492 e. The number of hydrogen-bond donors (Lipinski definition) is 6. The predicted molar refractivity (Wildman–Crippen MR) is 134 cm³/mol. The minimum absolute atomic E-state index is 0.0284. The summed E-state index contributed by atoms with van der Waals surface area (Å²) in [6.45, 7) is 0.673. The van der Waals surface area contributed by atoms with Gasteiger partial charge in [-0.3, -0.25) is 19.2 Å². The van der Waals surface area contributed by atoms with Crippen LogP contribution in [0.2, 0.25) is 0 Å². The van der Waals surface area contributed by atoms with Crippen molar-refractivity contribution in [2.45, 2.75) is 38.1 Å². The highest BCUT2D eigenvalue weighted by Crippen LogP contribution is 2.18. The Morgan fingerprint density at radius 2 is 1.55 bits per heavy atom. The number of nitrogens with zero attached hydrogens (tertiary/aromatic N) is 4. The minimum Gasteiger partial charge on any atom is -0.492 e. The van der Waals surface area contributed by atoms with Gasteiger partial charge in [-0.15, -0.1) is 4.73 Å². The number of carbonyl (C=O) groups excluding carboxylic acids is 4. The van der Waals surface area contributed by atoms with Gasteiger partial charge in [0.1, 0.15) is 6.04 Å². The van der Waals surface area contributed by atoms with E-state index in [1.807, 2.05) is 0 Å². The fourth-order valence-electron chi connectivity index (χ4n) is 2.93. The average molecular weight is 572 g/mol. The summed E-state index contributed by atoms with van der Waals surface area (Å²) in [7, 11) is 0. The molecule has 0 unspecified atom stereocenters. The number of aliphatic carboxylic acids is 1. The number of carbonyl (C=O) groups is 5. The molecule has 0 spiro atoms. The van der Waals surface area contributed by atoms with Crippen molar-refractivity contribution in [2.75, 3.05) is 46.1 Å². The summed E-state index contributed by atoms with van der Waals surface area (Å²) in [6.07, 6.45) is -0.814. The molecule has 3 amide bonds. The molecule has 222 valence electrons. The fraction of sp³-hybridized carbons (Fsp3) is 0.591. The summed E-state index contributed by atoms with van der Waals surface area (Å²) in [6, 6.07) is 0.901. The van der Waals surface area contributed by atoms with Crippen molar-refractivity contribution in [1.82, 2.24) is 20.7 Å². The summed E-state index contributed by atoms with van der Waals surface area (Å²) >= 11 is 0. The van der Waals surface area contributed by atoms with E-state index in [1.54, 1.807) is 0 Å². The molecular formula is C22H33N7O11. The lowest BCUT2D eigenvalue weighted by Gasteiger charge is -2.17. The highest BCUT2D eigenvalue weighted by molar-refractivity contribution is 5.90. The zero-order valence-electron chi connectivity index (χ0n) is 21.6. The summed E-state index contributed by atoms with van der Waals surface area (Å²) < 4.78 is 10.9. The van der Waals surface area contributed by atoms with Crippen molar-refractivity contribution >= 4 is 29.7 Å². The van der Waals surface area contributed by atoms with Gasteiger partial charge in [0, 0.05) is 49.5 Å². The third kappa shape index (κ3) is 15.0. The number of carboxylic acid groups (broad SMARTS) is 1. The van der Waals surface area contributed by atoms with E-state index in [4.69, 9.17) is 24.9 Å². The van der Waals surface area contributed by atoms with E-state index >= 15 is 0 Å². The molecule has 18 heteroatoms. The Balaban J connectivity index is 2.24. The second-order valence-corrected chi connectivity index (χ2v) is 7.95. The molecular weight excluding hydrogens is 538 g/mol. The van der Waals surface area contributed by atoms with Gasteiger partial charge in [0.15, 0.2) is 0 Å². The van der Waals surface area contributed by atoms with Crippen LogP contribution in [0.15, 0.2) is 17.2 Å². The topological polar surface area (TPSA) is 264 Å². The van der Waals surface area contributed by atoms with Crippen molar-refractivity contribution in [2.24, 2.45) is 5.11 Å². The molecule has 0 aliphatic rings. The van der Waals surface area contributed by atoms with Crippen molar-refractivity contribution in [1.29, 1.82) is 0 Å². The highest BCUT2D eigenvalue weighted by atomic mass is 16.7. The number of azide groups is 1. The molecule has 0 aliphatic carbocycles. The second-order valence-electron chi connectivity index (χ2n) is 7.95. The molecule has 0 bridgehead atoms. The monoisotopic (exact) mass is 571 g/mol. The van der Waals surface area contributed by atoms with Crippen LogP contribution in [-0.2, 0) is 33.4 Å². The van der Waals surface area contributed by atoms with Gasteiger partial charge in [-0.25, -0.2) is 4.79 Å². The Kier molecular flexibility index (Phi) is 16.3. The van der Waals surface area contributed by atoms with Gasteiger partial charge >= 0.3 is 11.9 Å². The van der Waals surface area contributed by atoms with Crippen LogP contribution in [0.1, 0.15) is 32.1 Å². The number of aromatic hydroxyl groups is 2. The van der Waals surface area contributed by atoms with Crippen LogP contribution in [0, 0.1) is 0 Å². The SMILES string of the molecule is [N-]=[N+]=NCCOCCNC(=O)CCCC(=O)N[C@H](CC(=O)O)C(=O)NCCOCCC(=O)On1c(O)ccc1O. The van der Waals surface area contributed by atoms with Gasteiger partial charge < -0.3 is 45.6 Å². The van der Waals surface area contributed by atoms with Crippen LogP contribution < -0.4 is 20.8 Å². The Morgan fingerprint density at radius 1 is 0.925 bits per heavy atom. The van der Waals surface area contributed by atoms with E-state index < -0.39 is 48.0 Å². The van der Waals surface area contributed by atoms with E-state index in [1.165, 1.54) is 0 Å². The maximum Gasteiger partial charge on any atom is 0.335 e. The van der Waals surface area contributed by atoms with Crippen LogP contribution in [0.5, 0.6) is 11.8 Å². The zero-order chi connectivity index (χ0) is 29.8. The third-order valence-corrected chi connectivity index (χ3v) is 4.79. The predicted octanol–water partition coefficient (Wildman–Crippen LogP) is -1.05. The number of carboxylic acids is 1. The lowest BCUT2D eigenvalue weighted by atomic mass is 10.1. The molecule has 18 nitrogen and oxygen atoms in total. The van der Waals surface area contributed by atoms with Crippen LogP contribution >= 0.6 is 0 Å². The summed E-state index contributed by atoms with van der Waals surface area (Å²) in [5.74, 6) is -4.74. The van der Waals surface area contributed by atoms with Gasteiger partial charge in [0.05, 0.1) is 39.3 Å². The summed E-state index contributed by atoms with van der Waals surface area (Å²) in [5.41, 5.74) is 8.13. The summed E-state index contributed by atoms with van der Waals surface area (Å²) in [4.78, 5) is 66.4. The van der Waals surface area contributed by atoms with E-state index in [-0.39, 0.29) is 77.7 Å². The molecule has 1 aromatic rings. The van der Waals surface area contributed by atoms with Crippen LogP contribution in [0.3, 0.4) is 0 Å². The smallest absolute Gasteiger partial charge is 0.335 e. The van der Waals surface area contributed by atoms with Crippen LogP contribution in [0.4, 0.5) is 0 Å². The van der Waals surface area contributed by atoms with E-state index in [2.05, 4.69) is 26.0 Å². The van der Waals surface area contributed by atoms with Gasteiger partial charge in [0.25, 0.3) is 0 Å². The lowest BCUT2D eigenvalue weighted by Crippen LogP contribution is -2.48. The molecule has 1 atom stereocenters. The maximum atomic E-state index is 12.3. The first-order chi connectivity index (χ1) is 19.1. The molecule has 0 fully saturated rings. The van der Waals surface area contributed by atoms with Gasteiger partial charge in [0.2, 0.25) is 29.5 Å². The average Bonchev–Trinajstić information content (AvgIpc) is 3.21. The van der Waals surface area contributed by atoms with Gasteiger partial charge in [-0.1, -0.05) is 5.11 Å². The number of ether oxygens (including phenoxy) is 2. The molecule has 40 heavy (non-hydrogen) atoms. The molecule has 1 rings (SSSR count). The van der Waals surface area contributed by atoms with E-state index in [9.17, 15) is 34.2 Å². The zero-order valence-corrected chi connectivity index (χ0v) is 21.6. The maximum absolute atomic E-state index is 12.3. The van der Waals surface area contributed by atoms with Crippen molar-refractivity contribution < 1.29 is 53.6 Å². The Morgan fingerprint density at radius 3 is 2.20 bits per heavy atom. The normalized spacial score (nSPS) is 11.1. The molecule has 0 saturated carbocycles. The standard InChI is InChI=1S/C22H33N7O11/c23-28-26-9-13-39-11-7-24-16(30)2-1-3-17(31)27-15(14-20(34)35)22(37)25-8-12-38-10-6-21(36)40-29-18(32)4-5-19(29)33/h4-5,15,32-33H,1-3,6-14H2,(H,24,30)(H,25,37)(H,27,31)(H,34,35)/t15-/m1/s1. The molecule has 1 heterocycles. The number of rotatable bonds is 21.